The van der Waals surface area contributed by atoms with Gasteiger partial charge < -0.3 is 10.1 Å². The lowest BCUT2D eigenvalue weighted by Crippen LogP contribution is -2.19. The number of hydrogen-bond donors (Lipinski definition) is 1. The van der Waals surface area contributed by atoms with Crippen LogP contribution in [0, 0.1) is 0 Å². The molecule has 1 aliphatic rings. The van der Waals surface area contributed by atoms with Gasteiger partial charge in [-0.25, -0.2) is 0 Å². The zero-order chi connectivity index (χ0) is 12.1. The first kappa shape index (κ1) is 12.3. The highest BCUT2D eigenvalue weighted by Crippen LogP contribution is 2.23. The topological polar surface area (TPSA) is 33.6 Å². The number of para-hydroxylation sites is 1. The molecule has 0 bridgehead atoms. The number of benzene rings is 1. The highest BCUT2D eigenvalue weighted by Gasteiger charge is 2.17. The third kappa shape index (κ3) is 3.16. The van der Waals surface area contributed by atoms with Crippen LogP contribution in [-0.2, 0) is 6.54 Å². The molecule has 1 heterocycles. The molecule has 1 N–H and O–H groups in total. The number of hydrogen-bond acceptors (Lipinski definition) is 4. The maximum absolute atomic E-state index is 5.32. The first-order chi connectivity index (χ1) is 8.33. The van der Waals surface area contributed by atoms with E-state index < -0.39 is 0 Å². The van der Waals surface area contributed by atoms with E-state index in [0.29, 0.717) is 5.25 Å². The van der Waals surface area contributed by atoms with Gasteiger partial charge in [0.1, 0.15) is 5.75 Å². The third-order valence-corrected chi connectivity index (χ3v) is 4.11. The van der Waals surface area contributed by atoms with Crippen molar-refractivity contribution in [2.24, 2.45) is 4.99 Å². The minimum atomic E-state index is 0.648. The minimum absolute atomic E-state index is 0.648. The van der Waals surface area contributed by atoms with Gasteiger partial charge in [-0.05, 0) is 12.5 Å². The monoisotopic (exact) mass is 250 g/mol. The molecule has 1 aromatic carbocycles. The standard InChI is InChI=1S/C13H18N2OS/c1-3-11-9-15-13(17-11)14-8-10-6-4-5-7-12(10)16-2/h4-7,11H,3,8-9H2,1-2H3,(H,14,15). The summed E-state index contributed by atoms with van der Waals surface area (Å²) in [4.78, 5) is 4.49. The number of thioether (sulfide) groups is 1. The summed E-state index contributed by atoms with van der Waals surface area (Å²) in [6.07, 6.45) is 1.17. The van der Waals surface area contributed by atoms with Crippen LogP contribution in [0.5, 0.6) is 5.75 Å². The molecule has 0 aromatic heterocycles. The molecule has 0 saturated heterocycles. The quantitative estimate of drug-likeness (QED) is 0.892. The fraction of sp³-hybridized carbons (Fsp3) is 0.462. The number of amidine groups is 1. The lowest BCUT2D eigenvalue weighted by Gasteiger charge is -2.10. The molecule has 2 rings (SSSR count). The number of ether oxygens (including phenoxy) is 1. The Labute approximate surface area is 107 Å². The van der Waals surface area contributed by atoms with Crippen molar-refractivity contribution >= 4 is 16.9 Å². The summed E-state index contributed by atoms with van der Waals surface area (Å²) in [5, 5.41) is 5.08. The fourth-order valence-electron chi connectivity index (χ4n) is 1.75. The first-order valence-corrected chi connectivity index (χ1v) is 6.78. The van der Waals surface area contributed by atoms with Crippen molar-refractivity contribution in [1.82, 2.24) is 5.32 Å². The van der Waals surface area contributed by atoms with Gasteiger partial charge in [0.15, 0.2) is 5.17 Å². The molecule has 4 heteroatoms. The lowest BCUT2D eigenvalue weighted by atomic mass is 10.2. The molecule has 1 aliphatic heterocycles. The van der Waals surface area contributed by atoms with Crippen LogP contribution in [0.2, 0.25) is 0 Å². The summed E-state index contributed by atoms with van der Waals surface area (Å²) in [6.45, 7) is 3.91. The van der Waals surface area contributed by atoms with Crippen molar-refractivity contribution in [1.29, 1.82) is 0 Å². The highest BCUT2D eigenvalue weighted by atomic mass is 32.2. The van der Waals surface area contributed by atoms with E-state index in [-0.39, 0.29) is 0 Å². The predicted octanol–water partition coefficient (Wildman–Crippen LogP) is 2.67. The maximum Gasteiger partial charge on any atom is 0.157 e. The molecule has 1 atom stereocenters. The number of nitrogens with zero attached hydrogens (tertiary/aromatic N) is 1. The molecular weight excluding hydrogens is 232 g/mol. The Balaban J connectivity index is 1.90. The molecule has 0 saturated carbocycles. The Morgan fingerprint density at radius 2 is 2.29 bits per heavy atom. The average Bonchev–Trinajstić information content (AvgIpc) is 2.84. The van der Waals surface area contributed by atoms with Crippen molar-refractivity contribution in [3.8, 4) is 5.75 Å². The van der Waals surface area contributed by atoms with E-state index >= 15 is 0 Å². The van der Waals surface area contributed by atoms with Crippen LogP contribution in [0.25, 0.3) is 0 Å². The summed E-state index contributed by atoms with van der Waals surface area (Å²) in [6, 6.07) is 8.06. The van der Waals surface area contributed by atoms with E-state index in [2.05, 4.69) is 23.3 Å². The zero-order valence-electron chi connectivity index (χ0n) is 10.3. The van der Waals surface area contributed by atoms with Gasteiger partial charge in [-0.2, -0.15) is 0 Å². The Morgan fingerprint density at radius 1 is 1.47 bits per heavy atom. The molecule has 3 nitrogen and oxygen atoms in total. The van der Waals surface area contributed by atoms with Crippen LogP contribution in [0.4, 0.5) is 0 Å². The van der Waals surface area contributed by atoms with Crippen LogP contribution < -0.4 is 10.1 Å². The zero-order valence-corrected chi connectivity index (χ0v) is 11.1. The number of methoxy groups -OCH3 is 1. The molecule has 0 aliphatic carbocycles. The molecule has 17 heavy (non-hydrogen) atoms. The number of rotatable bonds is 4. The molecule has 0 radical (unpaired) electrons. The molecule has 92 valence electrons. The molecule has 0 amide bonds. The molecule has 0 spiro atoms. The predicted molar refractivity (Wildman–Crippen MR) is 73.8 cm³/mol. The van der Waals surface area contributed by atoms with Crippen molar-refractivity contribution in [3.63, 3.8) is 0 Å². The lowest BCUT2D eigenvalue weighted by molar-refractivity contribution is 0.409. The van der Waals surface area contributed by atoms with Crippen molar-refractivity contribution in [2.45, 2.75) is 25.1 Å². The molecule has 0 fully saturated rings. The average molecular weight is 250 g/mol. The van der Waals surface area contributed by atoms with Gasteiger partial charge in [-0.3, -0.25) is 4.99 Å². The maximum atomic E-state index is 5.32. The normalized spacial score (nSPS) is 18.9. The Morgan fingerprint density at radius 3 is 3.00 bits per heavy atom. The van der Waals surface area contributed by atoms with E-state index in [0.717, 1.165) is 24.0 Å². The summed E-state index contributed by atoms with van der Waals surface area (Å²) >= 11 is 1.84. The van der Waals surface area contributed by atoms with Crippen molar-refractivity contribution in [3.05, 3.63) is 29.8 Å². The highest BCUT2D eigenvalue weighted by molar-refractivity contribution is 8.14. The molecular formula is C13H18N2OS. The van der Waals surface area contributed by atoms with Gasteiger partial charge in [0.05, 0.1) is 13.7 Å². The second-order valence-corrected chi connectivity index (χ2v) is 5.25. The summed E-state index contributed by atoms with van der Waals surface area (Å²) in [5.41, 5.74) is 1.17. The summed E-state index contributed by atoms with van der Waals surface area (Å²) in [5.74, 6) is 0.927. The fourth-order valence-corrected chi connectivity index (χ4v) is 2.68. The summed E-state index contributed by atoms with van der Waals surface area (Å²) < 4.78 is 5.32. The Hall–Kier alpha value is -1.16. The Kier molecular flexibility index (Phi) is 4.31. The smallest absolute Gasteiger partial charge is 0.157 e. The van der Waals surface area contributed by atoms with Gasteiger partial charge in [-0.15, -0.1) is 0 Å². The van der Waals surface area contributed by atoms with E-state index in [4.69, 9.17) is 4.74 Å². The van der Waals surface area contributed by atoms with Gasteiger partial charge in [-0.1, -0.05) is 36.9 Å². The van der Waals surface area contributed by atoms with E-state index in [1.165, 1.54) is 12.0 Å². The van der Waals surface area contributed by atoms with Gasteiger partial charge >= 0.3 is 0 Å². The number of nitrogens with one attached hydrogen (secondary N) is 1. The van der Waals surface area contributed by atoms with Crippen LogP contribution >= 0.6 is 11.8 Å². The largest absolute Gasteiger partial charge is 0.496 e. The van der Waals surface area contributed by atoms with Gasteiger partial charge in [0.25, 0.3) is 0 Å². The van der Waals surface area contributed by atoms with E-state index in [9.17, 15) is 0 Å². The SMILES string of the molecule is CCC1CN=C(NCc2ccccc2OC)S1. The van der Waals surface area contributed by atoms with Crippen LogP contribution in [0.15, 0.2) is 29.3 Å². The third-order valence-electron chi connectivity index (χ3n) is 2.79. The Bertz CT molecular complexity index is 406. The van der Waals surface area contributed by atoms with E-state index in [1.54, 1.807) is 7.11 Å². The van der Waals surface area contributed by atoms with E-state index in [1.807, 2.05) is 30.0 Å². The van der Waals surface area contributed by atoms with Crippen molar-refractivity contribution < 1.29 is 4.74 Å². The van der Waals surface area contributed by atoms with Gasteiger partial charge in [0.2, 0.25) is 0 Å². The minimum Gasteiger partial charge on any atom is -0.496 e. The molecule has 1 aromatic rings. The van der Waals surface area contributed by atoms with Crippen LogP contribution in [-0.4, -0.2) is 24.1 Å². The summed E-state index contributed by atoms with van der Waals surface area (Å²) in [7, 11) is 1.70. The van der Waals surface area contributed by atoms with Crippen LogP contribution in [0.1, 0.15) is 18.9 Å². The second-order valence-electron chi connectivity index (χ2n) is 3.96. The number of aliphatic imine (C=N–C) groups is 1. The molecule has 1 unspecified atom stereocenters. The van der Waals surface area contributed by atoms with Gasteiger partial charge in [0, 0.05) is 17.4 Å². The first-order valence-electron chi connectivity index (χ1n) is 5.90. The van der Waals surface area contributed by atoms with Crippen LogP contribution in [0.3, 0.4) is 0 Å². The second kappa shape index (κ2) is 5.96. The van der Waals surface area contributed by atoms with Crippen molar-refractivity contribution in [2.75, 3.05) is 13.7 Å².